The minimum absolute atomic E-state index is 0.0383. The van der Waals surface area contributed by atoms with Crippen LogP contribution in [0.1, 0.15) is 54.2 Å². The first kappa shape index (κ1) is 15.7. The monoisotopic (exact) mass is 313 g/mol. The number of benzene rings is 1. The molecule has 1 aromatic heterocycles. The summed E-state index contributed by atoms with van der Waals surface area (Å²) in [4.78, 5) is 12.6. The Kier molecular flexibility index (Phi) is 4.48. The molecule has 0 spiro atoms. The van der Waals surface area contributed by atoms with Gasteiger partial charge in [0, 0.05) is 18.2 Å². The zero-order valence-electron chi connectivity index (χ0n) is 13.6. The molecule has 5 nitrogen and oxygen atoms in total. The zero-order valence-corrected chi connectivity index (χ0v) is 13.6. The maximum Gasteiger partial charge on any atom is 0.259 e. The molecule has 23 heavy (non-hydrogen) atoms. The summed E-state index contributed by atoms with van der Waals surface area (Å²) in [5.41, 5.74) is 3.21. The Morgan fingerprint density at radius 1 is 1.43 bits per heavy atom. The number of nitrogens with one attached hydrogen (secondary N) is 1. The number of amides is 1. The van der Waals surface area contributed by atoms with Crippen molar-refractivity contribution in [1.82, 2.24) is 9.78 Å². The van der Waals surface area contributed by atoms with Crippen LogP contribution in [0.3, 0.4) is 0 Å². The van der Waals surface area contributed by atoms with Crippen molar-refractivity contribution in [2.75, 3.05) is 5.32 Å². The first-order valence-electron chi connectivity index (χ1n) is 8.15. The minimum atomic E-state index is -0.128. The lowest BCUT2D eigenvalue weighted by molar-refractivity contribution is 0.102. The summed E-state index contributed by atoms with van der Waals surface area (Å²) >= 11 is 0. The van der Waals surface area contributed by atoms with Gasteiger partial charge >= 0.3 is 0 Å². The predicted octanol–water partition coefficient (Wildman–Crippen LogP) is 3.16. The van der Waals surface area contributed by atoms with Gasteiger partial charge < -0.3 is 10.4 Å². The first-order valence-corrected chi connectivity index (χ1v) is 8.15. The Morgan fingerprint density at radius 3 is 2.87 bits per heavy atom. The molecule has 1 aliphatic carbocycles. The van der Waals surface area contributed by atoms with E-state index in [0.717, 1.165) is 30.6 Å². The number of anilines is 1. The third-order valence-corrected chi connectivity index (χ3v) is 3.99. The third kappa shape index (κ3) is 3.62. The molecule has 0 atom stereocenters. The van der Waals surface area contributed by atoms with Crippen molar-refractivity contribution in [1.29, 1.82) is 0 Å². The molecule has 1 heterocycles. The Bertz CT molecular complexity index is 702. The number of rotatable bonds is 6. The van der Waals surface area contributed by atoms with Crippen molar-refractivity contribution in [2.45, 2.75) is 45.8 Å². The molecule has 1 amide bonds. The van der Waals surface area contributed by atoms with Gasteiger partial charge in [-0.3, -0.25) is 9.48 Å². The molecule has 1 saturated carbocycles. The van der Waals surface area contributed by atoms with Gasteiger partial charge in [-0.25, -0.2) is 0 Å². The largest absolute Gasteiger partial charge is 0.392 e. The molecule has 2 aromatic rings. The minimum Gasteiger partial charge on any atom is -0.392 e. The average Bonchev–Trinajstić information content (AvgIpc) is 3.28. The fourth-order valence-electron chi connectivity index (χ4n) is 2.79. The van der Waals surface area contributed by atoms with E-state index in [2.05, 4.69) is 24.3 Å². The normalized spacial score (nSPS) is 14.3. The Balaban J connectivity index is 1.83. The van der Waals surface area contributed by atoms with Gasteiger partial charge in [0.25, 0.3) is 5.91 Å². The fraction of sp³-hybridized carbons (Fsp3) is 0.444. The van der Waals surface area contributed by atoms with Gasteiger partial charge in [-0.2, -0.15) is 5.10 Å². The highest BCUT2D eigenvalue weighted by atomic mass is 16.3. The topological polar surface area (TPSA) is 67.2 Å². The smallest absolute Gasteiger partial charge is 0.259 e. The summed E-state index contributed by atoms with van der Waals surface area (Å²) in [5.74, 6) is 0.822. The van der Waals surface area contributed by atoms with E-state index in [1.807, 2.05) is 22.9 Å². The van der Waals surface area contributed by atoms with Crippen LogP contribution in [0.4, 0.5) is 5.69 Å². The molecule has 0 bridgehead atoms. The van der Waals surface area contributed by atoms with Gasteiger partial charge in [0.1, 0.15) is 0 Å². The molecule has 2 N–H and O–H groups in total. The molecule has 0 unspecified atom stereocenters. The van der Waals surface area contributed by atoms with Gasteiger partial charge in [-0.1, -0.05) is 26.0 Å². The van der Waals surface area contributed by atoms with Crippen molar-refractivity contribution in [3.05, 3.63) is 47.3 Å². The molecule has 1 fully saturated rings. The van der Waals surface area contributed by atoms with Gasteiger partial charge in [0.15, 0.2) is 0 Å². The lowest BCUT2D eigenvalue weighted by Crippen LogP contribution is -2.15. The summed E-state index contributed by atoms with van der Waals surface area (Å²) in [6.45, 7) is 5.10. The van der Waals surface area contributed by atoms with Crippen LogP contribution in [0.5, 0.6) is 0 Å². The second-order valence-corrected chi connectivity index (χ2v) is 6.61. The third-order valence-electron chi connectivity index (χ3n) is 3.99. The standard InChI is InChI=1S/C18H23N3O2/c1-12(2)10-21-17(14-6-7-14)16(9-19-21)18(23)20-15-5-3-4-13(8-15)11-22/h3-5,8-9,12,14,22H,6-7,10-11H2,1-2H3,(H,20,23). The highest BCUT2D eigenvalue weighted by Gasteiger charge is 2.32. The Hall–Kier alpha value is -2.14. The van der Waals surface area contributed by atoms with Crippen LogP contribution in [-0.4, -0.2) is 20.8 Å². The molecule has 5 heteroatoms. The number of aromatic nitrogens is 2. The predicted molar refractivity (Wildman–Crippen MR) is 89.4 cm³/mol. The van der Waals surface area contributed by atoms with Crippen LogP contribution in [-0.2, 0) is 13.2 Å². The summed E-state index contributed by atoms with van der Waals surface area (Å²) in [6.07, 6.45) is 3.94. The number of nitrogens with zero attached hydrogens (tertiary/aromatic N) is 2. The number of aliphatic hydroxyl groups is 1. The van der Waals surface area contributed by atoms with Crippen molar-refractivity contribution in [2.24, 2.45) is 5.92 Å². The van der Waals surface area contributed by atoms with E-state index in [-0.39, 0.29) is 12.5 Å². The van der Waals surface area contributed by atoms with Gasteiger partial charge in [-0.05, 0) is 36.5 Å². The number of hydrogen-bond donors (Lipinski definition) is 2. The molecule has 122 valence electrons. The second kappa shape index (κ2) is 6.54. The van der Waals surface area contributed by atoms with Crippen LogP contribution in [0, 0.1) is 5.92 Å². The van der Waals surface area contributed by atoms with Crippen LogP contribution in [0.2, 0.25) is 0 Å². The molecular weight excluding hydrogens is 290 g/mol. The Labute approximate surface area is 136 Å². The molecule has 1 aromatic carbocycles. The van der Waals surface area contributed by atoms with Crippen molar-refractivity contribution in [3.8, 4) is 0 Å². The van der Waals surface area contributed by atoms with Crippen LogP contribution in [0.15, 0.2) is 30.5 Å². The Morgan fingerprint density at radius 2 is 2.22 bits per heavy atom. The summed E-state index contributed by atoms with van der Waals surface area (Å²) in [6, 6.07) is 7.26. The fourth-order valence-corrected chi connectivity index (χ4v) is 2.79. The molecule has 0 aliphatic heterocycles. The van der Waals surface area contributed by atoms with E-state index in [0.29, 0.717) is 23.1 Å². The summed E-state index contributed by atoms with van der Waals surface area (Å²) in [7, 11) is 0. The van der Waals surface area contributed by atoms with E-state index < -0.39 is 0 Å². The quantitative estimate of drug-likeness (QED) is 0.861. The summed E-state index contributed by atoms with van der Waals surface area (Å²) < 4.78 is 1.99. The highest BCUT2D eigenvalue weighted by Crippen LogP contribution is 2.42. The summed E-state index contributed by atoms with van der Waals surface area (Å²) in [5, 5.41) is 16.5. The van der Waals surface area contributed by atoms with E-state index >= 15 is 0 Å². The molecule has 0 saturated heterocycles. The SMILES string of the molecule is CC(C)Cn1ncc(C(=O)Nc2cccc(CO)c2)c1C1CC1. The van der Waals surface area contributed by atoms with Crippen LogP contribution >= 0.6 is 0 Å². The number of hydrogen-bond acceptors (Lipinski definition) is 3. The number of carbonyl (C=O) groups excluding carboxylic acids is 1. The van der Waals surface area contributed by atoms with Crippen molar-refractivity contribution < 1.29 is 9.90 Å². The van der Waals surface area contributed by atoms with Gasteiger partial charge in [0.05, 0.1) is 24.1 Å². The van der Waals surface area contributed by atoms with E-state index in [4.69, 9.17) is 0 Å². The maximum absolute atomic E-state index is 12.6. The van der Waals surface area contributed by atoms with Crippen molar-refractivity contribution >= 4 is 11.6 Å². The van der Waals surface area contributed by atoms with Crippen molar-refractivity contribution in [3.63, 3.8) is 0 Å². The zero-order chi connectivity index (χ0) is 16.4. The maximum atomic E-state index is 12.6. The van der Waals surface area contributed by atoms with Gasteiger partial charge in [0.2, 0.25) is 0 Å². The molecule has 1 aliphatic rings. The van der Waals surface area contributed by atoms with Crippen LogP contribution in [0.25, 0.3) is 0 Å². The van der Waals surface area contributed by atoms with E-state index in [1.54, 1.807) is 12.3 Å². The van der Waals surface area contributed by atoms with Crippen LogP contribution < -0.4 is 5.32 Å². The first-order chi connectivity index (χ1) is 11.1. The van der Waals surface area contributed by atoms with E-state index in [1.165, 1.54) is 0 Å². The van der Waals surface area contributed by atoms with E-state index in [9.17, 15) is 9.90 Å². The highest BCUT2D eigenvalue weighted by molar-refractivity contribution is 6.05. The lowest BCUT2D eigenvalue weighted by atomic mass is 10.1. The second-order valence-electron chi connectivity index (χ2n) is 6.61. The molecular formula is C18H23N3O2. The molecule has 0 radical (unpaired) electrons. The number of aliphatic hydroxyl groups excluding tert-OH is 1. The number of carbonyl (C=O) groups is 1. The van der Waals surface area contributed by atoms with Gasteiger partial charge in [-0.15, -0.1) is 0 Å². The molecule has 3 rings (SSSR count). The average molecular weight is 313 g/mol. The lowest BCUT2D eigenvalue weighted by Gasteiger charge is -2.11.